The van der Waals surface area contributed by atoms with E-state index in [0.29, 0.717) is 17.5 Å². The van der Waals surface area contributed by atoms with Gasteiger partial charge in [-0.15, -0.1) is 16.8 Å². The number of para-hydroxylation sites is 2. The molecule has 0 aliphatic carbocycles. The zero-order valence-corrected chi connectivity index (χ0v) is 16.8. The molecule has 3 rings (SSSR count). The van der Waals surface area contributed by atoms with E-state index in [2.05, 4.69) is 22.1 Å². The minimum Gasteiger partial charge on any atom is -0.483 e. The fraction of sp³-hybridized carbons (Fsp3) is 0.190. The number of aromatic nitrogens is 3. The first kappa shape index (κ1) is 20.6. The number of aryl methyl sites for hydroxylation is 1. The van der Waals surface area contributed by atoms with E-state index in [0.717, 1.165) is 11.3 Å². The van der Waals surface area contributed by atoms with Crippen molar-refractivity contribution in [2.75, 3.05) is 11.1 Å². The van der Waals surface area contributed by atoms with Crippen molar-refractivity contribution in [1.29, 1.82) is 0 Å². The van der Waals surface area contributed by atoms with Crippen LogP contribution in [0.1, 0.15) is 11.4 Å². The van der Waals surface area contributed by atoms with Crippen LogP contribution in [-0.4, -0.2) is 26.4 Å². The van der Waals surface area contributed by atoms with Crippen LogP contribution in [0.5, 0.6) is 5.75 Å². The summed E-state index contributed by atoms with van der Waals surface area (Å²) in [4.78, 5) is 12.3. The summed E-state index contributed by atoms with van der Waals surface area (Å²) < 4.78 is 21.0. The number of halogens is 1. The molecule has 1 aromatic heterocycles. The Hall–Kier alpha value is -3.13. The second kappa shape index (κ2) is 9.88. The third-order valence-electron chi connectivity index (χ3n) is 4.05. The first-order valence-electron chi connectivity index (χ1n) is 8.97. The average Bonchev–Trinajstić information content (AvgIpc) is 3.09. The number of rotatable bonds is 9. The number of carbonyl (C=O) groups excluding carboxylic acids is 1. The van der Waals surface area contributed by atoms with Gasteiger partial charge in [-0.2, -0.15) is 0 Å². The number of allylic oxidation sites excluding steroid dienone is 1. The fourth-order valence-corrected chi connectivity index (χ4v) is 3.35. The second-order valence-electron chi connectivity index (χ2n) is 6.17. The van der Waals surface area contributed by atoms with E-state index < -0.39 is 5.82 Å². The van der Waals surface area contributed by atoms with Crippen molar-refractivity contribution in [2.45, 2.75) is 25.2 Å². The molecule has 0 radical (unpaired) electrons. The van der Waals surface area contributed by atoms with Gasteiger partial charge in [0.05, 0.1) is 5.75 Å². The van der Waals surface area contributed by atoms with Gasteiger partial charge in [0.2, 0.25) is 5.91 Å². The molecule has 150 valence electrons. The minimum absolute atomic E-state index is 0.0533. The van der Waals surface area contributed by atoms with E-state index in [1.807, 2.05) is 31.2 Å². The third kappa shape index (κ3) is 5.45. The molecule has 8 heteroatoms. The van der Waals surface area contributed by atoms with Crippen LogP contribution in [0.3, 0.4) is 0 Å². The Balaban J connectivity index is 1.63. The van der Waals surface area contributed by atoms with Crippen molar-refractivity contribution < 1.29 is 13.9 Å². The highest BCUT2D eigenvalue weighted by Crippen LogP contribution is 2.21. The number of hydrogen-bond donors (Lipinski definition) is 1. The van der Waals surface area contributed by atoms with Crippen molar-refractivity contribution in [1.82, 2.24) is 14.8 Å². The topological polar surface area (TPSA) is 69.0 Å². The number of nitrogens with zero attached hydrogens (tertiary/aromatic N) is 3. The van der Waals surface area contributed by atoms with Crippen LogP contribution < -0.4 is 10.1 Å². The number of thioether (sulfide) groups is 1. The van der Waals surface area contributed by atoms with E-state index in [1.54, 1.807) is 28.8 Å². The van der Waals surface area contributed by atoms with Gasteiger partial charge in [0.1, 0.15) is 6.61 Å². The summed E-state index contributed by atoms with van der Waals surface area (Å²) >= 11 is 1.27. The predicted molar refractivity (Wildman–Crippen MR) is 111 cm³/mol. The van der Waals surface area contributed by atoms with Crippen LogP contribution in [0.15, 0.2) is 66.3 Å². The highest BCUT2D eigenvalue weighted by molar-refractivity contribution is 7.99. The van der Waals surface area contributed by atoms with Crippen molar-refractivity contribution >= 4 is 23.4 Å². The molecule has 1 amide bonds. The summed E-state index contributed by atoms with van der Waals surface area (Å²) in [6.45, 7) is 6.18. The van der Waals surface area contributed by atoms with Crippen LogP contribution >= 0.6 is 11.8 Å². The molecule has 0 aliphatic rings. The summed E-state index contributed by atoms with van der Waals surface area (Å²) in [5, 5.41) is 11.7. The molecule has 0 aliphatic heterocycles. The normalized spacial score (nSPS) is 10.6. The summed E-state index contributed by atoms with van der Waals surface area (Å²) in [6.07, 6.45) is 1.70. The van der Waals surface area contributed by atoms with Crippen molar-refractivity contribution in [2.24, 2.45) is 0 Å². The van der Waals surface area contributed by atoms with E-state index in [1.165, 1.54) is 17.8 Å². The van der Waals surface area contributed by atoms with E-state index in [4.69, 9.17) is 4.74 Å². The number of hydrogen-bond acceptors (Lipinski definition) is 5. The standard InChI is InChI=1S/C21H21FN4O2S/c1-3-12-26-19(13-28-18-11-7-5-9-16(18)22)24-25-21(26)29-14-20(27)23-17-10-6-4-8-15(17)2/h3-11H,1,12-14H2,2H3,(H,23,27). The number of anilines is 1. The molecule has 0 fully saturated rings. The Morgan fingerprint density at radius 3 is 2.76 bits per heavy atom. The van der Waals surface area contributed by atoms with E-state index in [-0.39, 0.29) is 24.0 Å². The summed E-state index contributed by atoms with van der Waals surface area (Å²) in [5.41, 5.74) is 1.78. The highest BCUT2D eigenvalue weighted by atomic mass is 32.2. The fourth-order valence-electron chi connectivity index (χ4n) is 2.58. The van der Waals surface area contributed by atoms with E-state index in [9.17, 15) is 9.18 Å². The van der Waals surface area contributed by atoms with Crippen LogP contribution in [0.4, 0.5) is 10.1 Å². The quantitative estimate of drug-likeness (QED) is 0.421. The van der Waals surface area contributed by atoms with Crippen LogP contribution in [0.2, 0.25) is 0 Å². The first-order chi connectivity index (χ1) is 14.1. The molecule has 3 aromatic rings. The lowest BCUT2D eigenvalue weighted by atomic mass is 10.2. The molecule has 1 heterocycles. The Morgan fingerprint density at radius 2 is 2.00 bits per heavy atom. The highest BCUT2D eigenvalue weighted by Gasteiger charge is 2.15. The Labute approximate surface area is 172 Å². The van der Waals surface area contributed by atoms with Gasteiger partial charge in [-0.05, 0) is 30.7 Å². The zero-order chi connectivity index (χ0) is 20.6. The first-order valence-corrected chi connectivity index (χ1v) is 9.95. The van der Waals surface area contributed by atoms with Gasteiger partial charge in [-0.25, -0.2) is 4.39 Å². The molecule has 6 nitrogen and oxygen atoms in total. The monoisotopic (exact) mass is 412 g/mol. The molecular formula is C21H21FN4O2S. The zero-order valence-electron chi connectivity index (χ0n) is 16.0. The maximum Gasteiger partial charge on any atom is 0.234 e. The molecule has 0 saturated carbocycles. The summed E-state index contributed by atoms with van der Waals surface area (Å²) in [7, 11) is 0. The van der Waals surface area contributed by atoms with Gasteiger partial charge in [-0.1, -0.05) is 48.2 Å². The van der Waals surface area contributed by atoms with Crippen molar-refractivity contribution in [3.63, 3.8) is 0 Å². The van der Waals surface area contributed by atoms with Gasteiger partial charge in [-0.3, -0.25) is 9.36 Å². The maximum atomic E-state index is 13.7. The molecule has 0 bridgehead atoms. The predicted octanol–water partition coefficient (Wildman–Crippen LogP) is 4.22. The van der Waals surface area contributed by atoms with Gasteiger partial charge in [0.15, 0.2) is 22.5 Å². The Morgan fingerprint density at radius 1 is 1.24 bits per heavy atom. The Bertz CT molecular complexity index is 1010. The molecular weight excluding hydrogens is 391 g/mol. The molecule has 2 aromatic carbocycles. The summed E-state index contributed by atoms with van der Waals surface area (Å²) in [5.74, 6) is 0.270. The van der Waals surface area contributed by atoms with Crippen molar-refractivity contribution in [3.05, 3.63) is 78.4 Å². The van der Waals surface area contributed by atoms with Gasteiger partial charge >= 0.3 is 0 Å². The smallest absolute Gasteiger partial charge is 0.234 e. The largest absolute Gasteiger partial charge is 0.483 e. The molecule has 1 N–H and O–H groups in total. The second-order valence-corrected chi connectivity index (χ2v) is 7.11. The van der Waals surface area contributed by atoms with Crippen LogP contribution in [0, 0.1) is 12.7 Å². The third-order valence-corrected chi connectivity index (χ3v) is 5.02. The van der Waals surface area contributed by atoms with Gasteiger partial charge in [0.25, 0.3) is 0 Å². The van der Waals surface area contributed by atoms with E-state index >= 15 is 0 Å². The number of ether oxygens (including phenoxy) is 1. The SMILES string of the molecule is C=CCn1c(COc2ccccc2F)nnc1SCC(=O)Nc1ccccc1C. The number of amides is 1. The molecule has 0 saturated heterocycles. The molecule has 29 heavy (non-hydrogen) atoms. The summed E-state index contributed by atoms with van der Waals surface area (Å²) in [6, 6.07) is 13.8. The average molecular weight is 412 g/mol. The Kier molecular flexibility index (Phi) is 7.02. The van der Waals surface area contributed by atoms with Gasteiger partial charge in [0, 0.05) is 12.2 Å². The maximum absolute atomic E-state index is 13.7. The lowest BCUT2D eigenvalue weighted by Gasteiger charge is -2.10. The number of carbonyl (C=O) groups is 1. The van der Waals surface area contributed by atoms with Crippen LogP contribution in [-0.2, 0) is 17.9 Å². The van der Waals surface area contributed by atoms with Gasteiger partial charge < -0.3 is 10.1 Å². The molecule has 0 spiro atoms. The van der Waals surface area contributed by atoms with Crippen LogP contribution in [0.25, 0.3) is 0 Å². The van der Waals surface area contributed by atoms with Crippen molar-refractivity contribution in [3.8, 4) is 5.75 Å². The molecule has 0 unspecified atom stereocenters. The number of nitrogens with one attached hydrogen (secondary N) is 1. The molecule has 0 atom stereocenters. The number of benzene rings is 2. The lowest BCUT2D eigenvalue weighted by molar-refractivity contribution is -0.113. The minimum atomic E-state index is -0.440. The lowest BCUT2D eigenvalue weighted by Crippen LogP contribution is -2.15.